The summed E-state index contributed by atoms with van der Waals surface area (Å²) in [5.41, 5.74) is 0.567. The second-order valence-corrected chi connectivity index (χ2v) is 10.3. The maximum Gasteiger partial charge on any atom is 0.305 e. The average Bonchev–Trinajstić information content (AvgIpc) is 2.97. The Labute approximate surface area is 174 Å². The highest BCUT2D eigenvalue weighted by atomic mass is 16.5. The highest BCUT2D eigenvalue weighted by molar-refractivity contribution is 5.92. The van der Waals surface area contributed by atoms with Gasteiger partial charge in [0.1, 0.15) is 0 Å². The second-order valence-electron chi connectivity index (χ2n) is 10.3. The molecule has 4 aliphatic rings. The lowest BCUT2D eigenvalue weighted by Gasteiger charge is -2.57. The maximum atomic E-state index is 12.0. The van der Waals surface area contributed by atoms with Gasteiger partial charge in [0.05, 0.1) is 12.2 Å². The molecule has 160 valence electrons. The Morgan fingerprint density at radius 2 is 1.97 bits per heavy atom. The third-order valence-corrected chi connectivity index (χ3v) is 9.12. The molecule has 1 N–H and O–H groups in total. The van der Waals surface area contributed by atoms with Crippen LogP contribution in [0.4, 0.5) is 0 Å². The Balaban J connectivity index is 1.51. The Morgan fingerprint density at radius 3 is 2.72 bits per heavy atom. The van der Waals surface area contributed by atoms with Crippen LogP contribution in [-0.2, 0) is 14.3 Å². The number of ketones is 1. The van der Waals surface area contributed by atoms with E-state index in [0.29, 0.717) is 43.6 Å². The van der Waals surface area contributed by atoms with E-state index in [1.807, 2.05) is 6.08 Å². The van der Waals surface area contributed by atoms with Crippen LogP contribution < -0.4 is 0 Å². The predicted molar refractivity (Wildman–Crippen MR) is 112 cm³/mol. The van der Waals surface area contributed by atoms with Crippen LogP contribution in [-0.4, -0.2) is 29.1 Å². The second kappa shape index (κ2) is 7.37. The van der Waals surface area contributed by atoms with E-state index in [-0.39, 0.29) is 22.6 Å². The molecule has 0 saturated heterocycles. The lowest BCUT2D eigenvalue weighted by Crippen LogP contribution is -2.53. The Bertz CT molecular complexity index is 752. The van der Waals surface area contributed by atoms with Crippen LogP contribution in [0.15, 0.2) is 23.8 Å². The molecule has 0 bridgehead atoms. The minimum absolute atomic E-state index is 0.0880. The van der Waals surface area contributed by atoms with Crippen molar-refractivity contribution in [3.63, 3.8) is 0 Å². The summed E-state index contributed by atoms with van der Waals surface area (Å²) in [5.74, 6) is 1.63. The van der Waals surface area contributed by atoms with Crippen LogP contribution in [0.5, 0.6) is 0 Å². The Kier molecular flexibility index (Phi) is 5.30. The zero-order valence-corrected chi connectivity index (χ0v) is 18.2. The van der Waals surface area contributed by atoms with Gasteiger partial charge in [-0.05, 0) is 85.2 Å². The Hall–Kier alpha value is -1.42. The van der Waals surface area contributed by atoms with Crippen molar-refractivity contribution in [3.8, 4) is 0 Å². The molecule has 2 saturated carbocycles. The van der Waals surface area contributed by atoms with Crippen LogP contribution in [0.2, 0.25) is 0 Å². The van der Waals surface area contributed by atoms with Crippen LogP contribution in [0.3, 0.4) is 0 Å². The number of hydrogen-bond acceptors (Lipinski definition) is 4. The molecule has 4 aliphatic carbocycles. The molecule has 6 atom stereocenters. The fraction of sp³-hybridized carbons (Fsp3) is 0.760. The molecule has 0 aliphatic heterocycles. The molecule has 0 unspecified atom stereocenters. The van der Waals surface area contributed by atoms with E-state index in [1.54, 1.807) is 6.92 Å². The number of carbonyl (C=O) groups is 2. The van der Waals surface area contributed by atoms with Crippen LogP contribution in [0, 0.1) is 28.6 Å². The summed E-state index contributed by atoms with van der Waals surface area (Å²) in [6.07, 6.45) is 13.9. The minimum Gasteiger partial charge on any atom is -0.466 e. The SMILES string of the molecule is CCC(=O)OCCC[C@]1(O)CC[C@H]2[C@@H]3C=CC4=CC(=O)CC[C@]4(C)[C@H]3CC[C@@]21C. The molecule has 4 rings (SSSR count). The van der Waals surface area contributed by atoms with Crippen LogP contribution in [0.25, 0.3) is 0 Å². The van der Waals surface area contributed by atoms with Gasteiger partial charge in [0.2, 0.25) is 0 Å². The first-order chi connectivity index (χ1) is 13.7. The van der Waals surface area contributed by atoms with E-state index < -0.39 is 5.60 Å². The summed E-state index contributed by atoms with van der Waals surface area (Å²) in [7, 11) is 0. The highest BCUT2D eigenvalue weighted by Gasteiger charge is 2.62. The standard InChI is InChI=1S/C25H36O4/c1-4-22(27)29-15-5-11-25(28)14-10-21-19-7-6-17-16-18(26)8-12-23(17,2)20(19)9-13-24(21,25)3/h6-7,16,19-21,28H,4-5,8-15H2,1-3H3/t19-,20+,21+,23+,24+,25+/m1/s1. The van der Waals surface area contributed by atoms with Crippen molar-refractivity contribution >= 4 is 11.8 Å². The molecule has 0 aromatic heterocycles. The van der Waals surface area contributed by atoms with E-state index in [0.717, 1.165) is 38.5 Å². The number of esters is 1. The number of hydrogen-bond donors (Lipinski definition) is 1. The lowest BCUT2D eigenvalue weighted by atomic mass is 9.48. The van der Waals surface area contributed by atoms with E-state index >= 15 is 0 Å². The van der Waals surface area contributed by atoms with E-state index in [1.165, 1.54) is 5.57 Å². The third kappa shape index (κ3) is 3.22. The highest BCUT2D eigenvalue weighted by Crippen LogP contribution is 2.66. The molecular formula is C25H36O4. The smallest absolute Gasteiger partial charge is 0.305 e. The average molecular weight is 401 g/mol. The van der Waals surface area contributed by atoms with Crippen LogP contribution in [0.1, 0.15) is 78.6 Å². The van der Waals surface area contributed by atoms with Gasteiger partial charge in [-0.25, -0.2) is 0 Å². The van der Waals surface area contributed by atoms with Crippen molar-refractivity contribution in [3.05, 3.63) is 23.8 Å². The fourth-order valence-electron chi connectivity index (χ4n) is 7.17. The van der Waals surface area contributed by atoms with Gasteiger partial charge < -0.3 is 9.84 Å². The molecule has 0 aromatic rings. The zero-order valence-electron chi connectivity index (χ0n) is 18.2. The number of aliphatic hydroxyl groups is 1. The van der Waals surface area contributed by atoms with Gasteiger partial charge >= 0.3 is 5.97 Å². The van der Waals surface area contributed by atoms with E-state index in [4.69, 9.17) is 4.74 Å². The van der Waals surface area contributed by atoms with Gasteiger partial charge in [0.15, 0.2) is 5.78 Å². The monoisotopic (exact) mass is 400 g/mol. The summed E-state index contributed by atoms with van der Waals surface area (Å²) in [4.78, 5) is 23.3. The third-order valence-electron chi connectivity index (χ3n) is 9.12. The van der Waals surface area contributed by atoms with Crippen LogP contribution >= 0.6 is 0 Å². The van der Waals surface area contributed by atoms with Gasteiger partial charge in [-0.2, -0.15) is 0 Å². The summed E-state index contributed by atoms with van der Waals surface area (Å²) in [5, 5.41) is 11.7. The number of carbonyl (C=O) groups excluding carboxylic acids is 2. The summed E-state index contributed by atoms with van der Waals surface area (Å²) >= 11 is 0. The molecule has 0 aromatic carbocycles. The molecule has 0 radical (unpaired) electrons. The van der Waals surface area contributed by atoms with Gasteiger partial charge in [0.25, 0.3) is 0 Å². The molecule has 0 heterocycles. The summed E-state index contributed by atoms with van der Waals surface area (Å²) < 4.78 is 5.24. The number of rotatable bonds is 5. The van der Waals surface area contributed by atoms with Crippen molar-refractivity contribution in [1.29, 1.82) is 0 Å². The van der Waals surface area contributed by atoms with Gasteiger partial charge in [-0.3, -0.25) is 9.59 Å². The largest absolute Gasteiger partial charge is 0.466 e. The molecule has 0 amide bonds. The molecular weight excluding hydrogens is 364 g/mol. The number of ether oxygens (including phenoxy) is 1. The molecule has 4 heteroatoms. The first kappa shape index (κ1) is 20.8. The molecule has 2 fully saturated rings. The fourth-order valence-corrected chi connectivity index (χ4v) is 7.17. The predicted octanol–water partition coefficient (Wildman–Crippen LogP) is 4.76. The number of fused-ring (bicyclic) bond motifs is 5. The zero-order chi connectivity index (χ0) is 20.9. The van der Waals surface area contributed by atoms with Crippen molar-refractivity contribution in [1.82, 2.24) is 0 Å². The first-order valence-corrected chi connectivity index (χ1v) is 11.5. The van der Waals surface area contributed by atoms with Gasteiger partial charge in [-0.1, -0.05) is 32.9 Å². The van der Waals surface area contributed by atoms with Crippen molar-refractivity contribution < 1.29 is 19.4 Å². The molecule has 4 nitrogen and oxygen atoms in total. The van der Waals surface area contributed by atoms with Crippen molar-refractivity contribution in [2.75, 3.05) is 6.61 Å². The van der Waals surface area contributed by atoms with Gasteiger partial charge in [-0.15, -0.1) is 0 Å². The van der Waals surface area contributed by atoms with E-state index in [2.05, 4.69) is 26.0 Å². The van der Waals surface area contributed by atoms with Crippen molar-refractivity contribution in [2.45, 2.75) is 84.2 Å². The molecule has 0 spiro atoms. The molecule has 29 heavy (non-hydrogen) atoms. The maximum absolute atomic E-state index is 12.0. The minimum atomic E-state index is -0.672. The summed E-state index contributed by atoms with van der Waals surface area (Å²) in [6.45, 7) is 6.86. The lowest BCUT2D eigenvalue weighted by molar-refractivity contribution is -0.145. The van der Waals surface area contributed by atoms with Crippen molar-refractivity contribution in [2.24, 2.45) is 28.6 Å². The topological polar surface area (TPSA) is 63.6 Å². The number of allylic oxidation sites excluding steroid dienone is 4. The van der Waals surface area contributed by atoms with E-state index in [9.17, 15) is 14.7 Å². The first-order valence-electron chi connectivity index (χ1n) is 11.5. The quantitative estimate of drug-likeness (QED) is 0.534. The van der Waals surface area contributed by atoms with Gasteiger partial charge in [0, 0.05) is 12.8 Å². The normalized spacial score (nSPS) is 43.2. The Morgan fingerprint density at radius 1 is 1.21 bits per heavy atom. The summed E-state index contributed by atoms with van der Waals surface area (Å²) in [6, 6.07) is 0.